The Morgan fingerprint density at radius 3 is 2.54 bits per heavy atom. The molecule has 1 heterocycles. The van der Waals surface area contributed by atoms with Crippen LogP contribution in [0.3, 0.4) is 0 Å². The lowest BCUT2D eigenvalue weighted by atomic mass is 10.1. The first-order valence-corrected chi connectivity index (χ1v) is 7.65. The predicted octanol–water partition coefficient (Wildman–Crippen LogP) is 3.20. The largest absolute Gasteiger partial charge is 0.454 e. The van der Waals surface area contributed by atoms with Crippen LogP contribution < -0.4 is 14.8 Å². The van der Waals surface area contributed by atoms with E-state index in [-0.39, 0.29) is 18.5 Å². The van der Waals surface area contributed by atoms with Gasteiger partial charge in [0.1, 0.15) is 0 Å². The maximum absolute atomic E-state index is 12.6. The number of benzene rings is 2. The van der Waals surface area contributed by atoms with Crippen molar-refractivity contribution in [3.8, 4) is 11.5 Å². The zero-order valence-corrected chi connectivity index (χ0v) is 13.1. The van der Waals surface area contributed by atoms with E-state index in [0.717, 1.165) is 22.4 Å². The highest BCUT2D eigenvalue weighted by atomic mass is 16.7. The summed E-state index contributed by atoms with van der Waals surface area (Å²) in [6.45, 7) is 1.67. The highest BCUT2D eigenvalue weighted by Gasteiger charge is 2.28. The summed E-state index contributed by atoms with van der Waals surface area (Å²) in [5.41, 5.74) is 4.03. The zero-order chi connectivity index (χ0) is 16.7. The normalized spacial score (nSPS) is 16.4. The molecule has 5 nitrogen and oxygen atoms in total. The fourth-order valence-corrected chi connectivity index (χ4v) is 2.98. The van der Waals surface area contributed by atoms with Crippen LogP contribution in [-0.2, 0) is 11.2 Å². The summed E-state index contributed by atoms with van der Waals surface area (Å²) >= 11 is 0. The van der Waals surface area contributed by atoms with Gasteiger partial charge >= 0.3 is 0 Å². The average Bonchev–Trinajstić information content (AvgIpc) is 3.12. The second-order valence-electron chi connectivity index (χ2n) is 5.84. The van der Waals surface area contributed by atoms with Crippen molar-refractivity contribution < 1.29 is 19.1 Å². The van der Waals surface area contributed by atoms with Crippen LogP contribution in [0.5, 0.6) is 11.5 Å². The number of ether oxygens (including phenoxy) is 2. The van der Waals surface area contributed by atoms with Crippen LogP contribution in [0.2, 0.25) is 0 Å². The number of hydrogen-bond acceptors (Lipinski definition) is 4. The smallest absolute Gasteiger partial charge is 0.231 e. The van der Waals surface area contributed by atoms with E-state index in [4.69, 9.17) is 9.47 Å². The molecule has 2 aromatic carbocycles. The van der Waals surface area contributed by atoms with Crippen LogP contribution in [0.15, 0.2) is 42.0 Å². The van der Waals surface area contributed by atoms with Crippen LogP contribution in [0, 0.1) is 0 Å². The SMILES string of the molecule is CC(=O)Nc1ccc(/C=C2\Cc3cc4c(cc3C2=O)OCO4)cc1. The third kappa shape index (κ3) is 2.54. The Bertz CT molecular complexity index is 881. The number of carbonyl (C=O) groups excluding carboxylic acids is 2. The summed E-state index contributed by atoms with van der Waals surface area (Å²) in [7, 11) is 0. The maximum Gasteiger partial charge on any atom is 0.231 e. The lowest BCUT2D eigenvalue weighted by Gasteiger charge is -2.02. The fourth-order valence-electron chi connectivity index (χ4n) is 2.98. The summed E-state index contributed by atoms with van der Waals surface area (Å²) < 4.78 is 10.7. The lowest BCUT2D eigenvalue weighted by Crippen LogP contribution is -2.05. The summed E-state index contributed by atoms with van der Waals surface area (Å²) in [6, 6.07) is 11.0. The molecule has 1 N–H and O–H groups in total. The Kier molecular flexibility index (Phi) is 3.34. The minimum atomic E-state index is -0.111. The number of carbonyl (C=O) groups is 2. The van der Waals surface area contributed by atoms with Gasteiger partial charge in [-0.05, 0) is 41.5 Å². The van der Waals surface area contributed by atoms with Gasteiger partial charge < -0.3 is 14.8 Å². The monoisotopic (exact) mass is 321 g/mol. The highest BCUT2D eigenvalue weighted by molar-refractivity contribution is 6.16. The fraction of sp³-hybridized carbons (Fsp3) is 0.158. The minimum absolute atomic E-state index is 0.0224. The molecule has 0 atom stereocenters. The molecule has 120 valence electrons. The summed E-state index contributed by atoms with van der Waals surface area (Å²) in [5, 5.41) is 2.72. The third-order valence-corrected chi connectivity index (χ3v) is 4.09. The number of ketones is 1. The van der Waals surface area contributed by atoms with Crippen LogP contribution in [-0.4, -0.2) is 18.5 Å². The highest BCUT2D eigenvalue weighted by Crippen LogP contribution is 2.39. The van der Waals surface area contributed by atoms with E-state index < -0.39 is 0 Å². The van der Waals surface area contributed by atoms with Crippen molar-refractivity contribution in [2.75, 3.05) is 12.1 Å². The van der Waals surface area contributed by atoms with Gasteiger partial charge in [-0.2, -0.15) is 0 Å². The van der Waals surface area contributed by atoms with Gasteiger partial charge in [0, 0.05) is 30.2 Å². The molecule has 0 saturated carbocycles. The summed E-state index contributed by atoms with van der Waals surface area (Å²) in [4.78, 5) is 23.6. The molecule has 0 spiro atoms. The second-order valence-corrected chi connectivity index (χ2v) is 5.84. The van der Waals surface area contributed by atoms with Crippen molar-refractivity contribution in [1.29, 1.82) is 0 Å². The van der Waals surface area contributed by atoms with Gasteiger partial charge in [-0.25, -0.2) is 0 Å². The van der Waals surface area contributed by atoms with Crippen molar-refractivity contribution in [3.05, 3.63) is 58.7 Å². The van der Waals surface area contributed by atoms with E-state index in [2.05, 4.69) is 5.32 Å². The van der Waals surface area contributed by atoms with Gasteiger partial charge in [0.15, 0.2) is 17.3 Å². The molecule has 0 bridgehead atoms. The second kappa shape index (κ2) is 5.53. The molecule has 1 aliphatic carbocycles. The number of anilines is 1. The van der Waals surface area contributed by atoms with Gasteiger partial charge in [0.25, 0.3) is 0 Å². The average molecular weight is 321 g/mol. The molecule has 0 fully saturated rings. The number of amides is 1. The number of rotatable bonds is 2. The Morgan fingerprint density at radius 1 is 1.12 bits per heavy atom. The lowest BCUT2D eigenvalue weighted by molar-refractivity contribution is -0.114. The van der Waals surface area contributed by atoms with E-state index in [0.29, 0.717) is 23.5 Å². The van der Waals surface area contributed by atoms with E-state index in [1.807, 2.05) is 36.4 Å². The predicted molar refractivity (Wildman–Crippen MR) is 89.3 cm³/mol. The standard InChI is InChI=1S/C19H15NO4/c1-11(21)20-15-4-2-12(3-5-15)6-14-7-13-8-17-18(24-10-23-17)9-16(13)19(14)22/h2-6,8-9H,7,10H2,1H3,(H,20,21)/b14-6+. The van der Waals surface area contributed by atoms with Gasteiger partial charge in [-0.1, -0.05) is 12.1 Å². The van der Waals surface area contributed by atoms with Gasteiger partial charge in [-0.15, -0.1) is 0 Å². The first kappa shape index (κ1) is 14.5. The van der Waals surface area contributed by atoms with Crippen molar-refractivity contribution in [3.63, 3.8) is 0 Å². The Labute approximate surface area is 138 Å². The molecule has 4 rings (SSSR count). The number of allylic oxidation sites excluding steroid dienone is 1. The van der Waals surface area contributed by atoms with Crippen molar-refractivity contribution in [1.82, 2.24) is 0 Å². The van der Waals surface area contributed by atoms with Crippen LogP contribution >= 0.6 is 0 Å². The third-order valence-electron chi connectivity index (χ3n) is 4.09. The van der Waals surface area contributed by atoms with Crippen molar-refractivity contribution >= 4 is 23.5 Å². The number of hydrogen-bond donors (Lipinski definition) is 1. The van der Waals surface area contributed by atoms with Crippen molar-refractivity contribution in [2.45, 2.75) is 13.3 Å². The van der Waals surface area contributed by atoms with Gasteiger partial charge in [-0.3, -0.25) is 9.59 Å². The molecule has 0 radical (unpaired) electrons. The van der Waals surface area contributed by atoms with Crippen molar-refractivity contribution in [2.24, 2.45) is 0 Å². The van der Waals surface area contributed by atoms with E-state index >= 15 is 0 Å². The molecule has 0 unspecified atom stereocenters. The molecule has 1 aliphatic heterocycles. The van der Waals surface area contributed by atoms with Crippen LogP contribution in [0.4, 0.5) is 5.69 Å². The Morgan fingerprint density at radius 2 is 1.83 bits per heavy atom. The molecule has 0 saturated heterocycles. The summed E-state index contributed by atoms with van der Waals surface area (Å²) in [5.74, 6) is 1.24. The molecule has 24 heavy (non-hydrogen) atoms. The summed E-state index contributed by atoms with van der Waals surface area (Å²) in [6.07, 6.45) is 2.46. The zero-order valence-electron chi connectivity index (χ0n) is 13.1. The molecule has 5 heteroatoms. The number of Topliss-reactive ketones (excluding diaryl/α,β-unsaturated/α-hetero) is 1. The molecule has 2 aliphatic rings. The van der Waals surface area contributed by atoms with E-state index in [1.54, 1.807) is 6.07 Å². The number of nitrogens with one attached hydrogen (secondary N) is 1. The first-order chi connectivity index (χ1) is 11.6. The minimum Gasteiger partial charge on any atom is -0.454 e. The molecular weight excluding hydrogens is 306 g/mol. The topological polar surface area (TPSA) is 64.6 Å². The maximum atomic E-state index is 12.6. The Balaban J connectivity index is 1.60. The van der Waals surface area contributed by atoms with E-state index in [9.17, 15) is 9.59 Å². The molecule has 1 amide bonds. The first-order valence-electron chi connectivity index (χ1n) is 7.65. The molecule has 2 aromatic rings. The van der Waals surface area contributed by atoms with Gasteiger partial charge in [0.05, 0.1) is 0 Å². The van der Waals surface area contributed by atoms with Crippen LogP contribution in [0.25, 0.3) is 6.08 Å². The molecular formula is C19H15NO4. The van der Waals surface area contributed by atoms with Gasteiger partial charge in [0.2, 0.25) is 12.7 Å². The van der Waals surface area contributed by atoms with Crippen LogP contribution in [0.1, 0.15) is 28.4 Å². The molecule has 0 aromatic heterocycles. The van der Waals surface area contributed by atoms with E-state index in [1.165, 1.54) is 6.92 Å². The Hall–Kier alpha value is -3.08. The quantitative estimate of drug-likeness (QED) is 0.863. The number of fused-ring (bicyclic) bond motifs is 2.